The van der Waals surface area contributed by atoms with Crippen LogP contribution in [-0.4, -0.2) is 10.2 Å². The van der Waals surface area contributed by atoms with Gasteiger partial charge < -0.3 is 4.74 Å². The molecule has 138 valence electrons. The maximum Gasteiger partial charge on any atom is 0.207 e. The minimum Gasteiger partial charge on any atom is -0.444 e. The van der Waals surface area contributed by atoms with Crippen LogP contribution in [0.15, 0.2) is 30.3 Å². The predicted molar refractivity (Wildman–Crippen MR) is 91.4 cm³/mol. The van der Waals surface area contributed by atoms with E-state index in [4.69, 9.17) is 12.2 Å². The number of thioether (sulfide) groups is 1. The molecule has 9 heteroatoms. The van der Waals surface area contributed by atoms with Gasteiger partial charge in [-0.2, -0.15) is 8.78 Å². The molecule has 2 nitrogen and oxygen atoms in total. The molecule has 0 N–H and O–H groups in total. The summed E-state index contributed by atoms with van der Waals surface area (Å²) in [5, 5.41) is -0.709. The molecule has 0 saturated carbocycles. The second-order valence-corrected chi connectivity index (χ2v) is 6.51. The SMILES string of the molecule is O=C(CCC(=S)Oc1c(F)c(F)c(F)c(F)c1F)SCc1ccccc1. The molecule has 0 aliphatic heterocycles. The molecule has 2 aromatic carbocycles. The van der Waals surface area contributed by atoms with E-state index in [1.807, 2.05) is 30.3 Å². The Bertz CT molecular complexity index is 799. The third-order valence-electron chi connectivity index (χ3n) is 3.16. The summed E-state index contributed by atoms with van der Waals surface area (Å²) < 4.78 is 70.7. The fourth-order valence-electron chi connectivity index (χ4n) is 1.85. The zero-order valence-corrected chi connectivity index (χ0v) is 14.7. The monoisotopic (exact) mass is 406 g/mol. The minimum absolute atomic E-state index is 0.105. The quantitative estimate of drug-likeness (QED) is 0.280. The number of hydrogen-bond donors (Lipinski definition) is 0. The van der Waals surface area contributed by atoms with Crippen LogP contribution in [0.4, 0.5) is 22.0 Å². The number of hydrogen-bond acceptors (Lipinski definition) is 4. The lowest BCUT2D eigenvalue weighted by atomic mass is 10.2. The highest BCUT2D eigenvalue weighted by Crippen LogP contribution is 2.29. The normalized spacial score (nSPS) is 10.7. The average Bonchev–Trinajstić information content (AvgIpc) is 2.65. The lowest BCUT2D eigenvalue weighted by Crippen LogP contribution is -2.12. The van der Waals surface area contributed by atoms with Gasteiger partial charge in [-0.05, 0) is 17.8 Å². The molecule has 2 aromatic rings. The first-order valence-electron chi connectivity index (χ1n) is 7.23. The van der Waals surface area contributed by atoms with Gasteiger partial charge in [0.1, 0.15) is 0 Å². The lowest BCUT2D eigenvalue weighted by molar-refractivity contribution is -0.110. The number of ether oxygens (including phenoxy) is 1. The average molecular weight is 406 g/mol. The van der Waals surface area contributed by atoms with E-state index >= 15 is 0 Å². The second-order valence-electron chi connectivity index (χ2n) is 5.02. The zero-order chi connectivity index (χ0) is 19.3. The van der Waals surface area contributed by atoms with E-state index in [1.165, 1.54) is 0 Å². The highest BCUT2D eigenvalue weighted by molar-refractivity contribution is 8.12. The molecule has 0 aromatic heterocycles. The van der Waals surface area contributed by atoms with Gasteiger partial charge in [0.2, 0.25) is 34.8 Å². The van der Waals surface area contributed by atoms with Gasteiger partial charge in [0.15, 0.2) is 10.2 Å². The van der Waals surface area contributed by atoms with Crippen LogP contribution < -0.4 is 4.74 Å². The van der Waals surface area contributed by atoms with Crippen molar-refractivity contribution in [2.24, 2.45) is 0 Å². The van der Waals surface area contributed by atoms with E-state index in [9.17, 15) is 26.7 Å². The van der Waals surface area contributed by atoms with Crippen molar-refractivity contribution in [2.75, 3.05) is 0 Å². The van der Waals surface area contributed by atoms with Crippen LogP contribution in [0, 0.1) is 29.1 Å². The van der Waals surface area contributed by atoms with Crippen molar-refractivity contribution in [1.29, 1.82) is 0 Å². The standard InChI is InChI=1S/C17H11F5O2S2/c18-12-13(19)15(21)17(16(22)14(12)20)24-11(25)7-6-10(23)26-8-9-4-2-1-3-5-9/h1-5H,6-8H2. The molecular weight excluding hydrogens is 395 g/mol. The van der Waals surface area contributed by atoms with Crippen LogP contribution in [0.2, 0.25) is 0 Å². The van der Waals surface area contributed by atoms with E-state index in [0.29, 0.717) is 5.75 Å². The maximum absolute atomic E-state index is 13.5. The Labute approximate surface area is 155 Å². The summed E-state index contributed by atoms with van der Waals surface area (Å²) in [5.41, 5.74) is 0.936. The molecule has 0 saturated heterocycles. The highest BCUT2D eigenvalue weighted by atomic mass is 32.2. The molecule has 0 bridgehead atoms. The van der Waals surface area contributed by atoms with Crippen LogP contribution in [0.25, 0.3) is 0 Å². The van der Waals surface area contributed by atoms with Crippen LogP contribution in [0.3, 0.4) is 0 Å². The summed E-state index contributed by atoms with van der Waals surface area (Å²) in [7, 11) is 0. The third-order valence-corrected chi connectivity index (χ3v) is 4.45. The van der Waals surface area contributed by atoms with Crippen molar-refractivity contribution in [2.45, 2.75) is 18.6 Å². The Hall–Kier alpha value is -2.00. The summed E-state index contributed by atoms with van der Waals surface area (Å²) in [6, 6.07) is 9.18. The maximum atomic E-state index is 13.5. The van der Waals surface area contributed by atoms with Gasteiger partial charge in [-0.1, -0.05) is 42.1 Å². The Morgan fingerprint density at radius 2 is 1.42 bits per heavy atom. The summed E-state index contributed by atoms with van der Waals surface area (Å²) in [6.45, 7) is 0. The fourth-order valence-corrected chi connectivity index (χ4v) is 2.81. The highest BCUT2D eigenvalue weighted by Gasteiger charge is 2.27. The molecular formula is C17H11F5O2S2. The van der Waals surface area contributed by atoms with Crippen LogP contribution >= 0.6 is 24.0 Å². The molecule has 2 rings (SSSR count). The Kier molecular flexibility index (Phi) is 7.10. The number of benzene rings is 2. The van der Waals surface area contributed by atoms with Gasteiger partial charge in [-0.25, -0.2) is 13.2 Å². The molecule has 0 fully saturated rings. The predicted octanol–water partition coefficient (Wildman–Crippen LogP) is 5.33. The minimum atomic E-state index is -2.29. The first-order valence-corrected chi connectivity index (χ1v) is 8.62. The van der Waals surface area contributed by atoms with Gasteiger partial charge in [-0.15, -0.1) is 0 Å². The third kappa shape index (κ3) is 5.01. The summed E-state index contributed by atoms with van der Waals surface area (Å²) >= 11 is 5.73. The van der Waals surface area contributed by atoms with Crippen LogP contribution in [0.1, 0.15) is 18.4 Å². The van der Waals surface area contributed by atoms with Crippen molar-refractivity contribution in [1.82, 2.24) is 0 Å². The molecule has 0 aliphatic rings. The van der Waals surface area contributed by atoms with Gasteiger partial charge in [0.05, 0.1) is 0 Å². The van der Waals surface area contributed by atoms with E-state index in [2.05, 4.69) is 4.74 Å². The molecule has 0 atom stereocenters. The second kappa shape index (κ2) is 9.09. The number of rotatable bonds is 6. The molecule has 0 spiro atoms. The smallest absolute Gasteiger partial charge is 0.207 e. The molecule has 0 unspecified atom stereocenters. The van der Waals surface area contributed by atoms with E-state index < -0.39 is 39.9 Å². The van der Waals surface area contributed by atoms with Gasteiger partial charge >= 0.3 is 0 Å². The largest absolute Gasteiger partial charge is 0.444 e. The summed E-state index contributed by atoms with van der Waals surface area (Å²) in [6.07, 6.45) is -0.304. The number of carbonyl (C=O) groups is 1. The van der Waals surface area contributed by atoms with E-state index in [-0.39, 0.29) is 18.0 Å². The van der Waals surface area contributed by atoms with Crippen molar-refractivity contribution >= 4 is 34.1 Å². The van der Waals surface area contributed by atoms with E-state index in [0.717, 1.165) is 17.3 Å². The van der Waals surface area contributed by atoms with Crippen molar-refractivity contribution in [3.8, 4) is 5.75 Å². The van der Waals surface area contributed by atoms with Crippen molar-refractivity contribution < 1.29 is 31.5 Å². The summed E-state index contributed by atoms with van der Waals surface area (Å²) in [4.78, 5) is 11.8. The van der Waals surface area contributed by atoms with Gasteiger partial charge in [0, 0.05) is 18.6 Å². The van der Waals surface area contributed by atoms with E-state index in [1.54, 1.807) is 0 Å². The van der Waals surface area contributed by atoms with Crippen LogP contribution in [-0.2, 0) is 10.5 Å². The van der Waals surface area contributed by atoms with Crippen molar-refractivity contribution in [3.05, 3.63) is 65.0 Å². The van der Waals surface area contributed by atoms with Crippen molar-refractivity contribution in [3.63, 3.8) is 0 Å². The Balaban J connectivity index is 1.90. The number of carbonyl (C=O) groups excluding carboxylic acids is 1. The zero-order valence-electron chi connectivity index (χ0n) is 13.0. The summed E-state index contributed by atoms with van der Waals surface area (Å²) in [5.74, 6) is -11.8. The molecule has 0 heterocycles. The van der Waals surface area contributed by atoms with Gasteiger partial charge in [-0.3, -0.25) is 4.79 Å². The number of thiocarbonyl (C=S) groups is 1. The first kappa shape index (κ1) is 20.3. The lowest BCUT2D eigenvalue weighted by Gasteiger charge is -2.10. The van der Waals surface area contributed by atoms with Gasteiger partial charge in [0.25, 0.3) is 0 Å². The first-order chi connectivity index (χ1) is 12.3. The fraction of sp³-hybridized carbons (Fsp3) is 0.176. The topological polar surface area (TPSA) is 26.3 Å². The molecule has 0 amide bonds. The Morgan fingerprint density at radius 1 is 0.885 bits per heavy atom. The molecule has 0 radical (unpaired) electrons. The molecule has 26 heavy (non-hydrogen) atoms. The number of halogens is 5. The Morgan fingerprint density at radius 3 is 2.00 bits per heavy atom. The molecule has 0 aliphatic carbocycles. The van der Waals surface area contributed by atoms with Crippen LogP contribution in [0.5, 0.6) is 5.75 Å².